The molecule has 0 fully saturated rings. The number of nitrogens with zero attached hydrogens (tertiary/aromatic N) is 2. The van der Waals surface area contributed by atoms with Gasteiger partial charge in [0.2, 0.25) is 0 Å². The molecule has 4 aromatic rings. The van der Waals surface area contributed by atoms with Crippen LogP contribution in [0.15, 0.2) is 59.6 Å². The van der Waals surface area contributed by atoms with E-state index in [2.05, 4.69) is 21.7 Å². The number of aromatic amines is 2. The molecule has 21 heteroatoms. The Balaban J connectivity index is 1.24. The molecule has 0 aliphatic heterocycles. The number of rotatable bonds is 10. The summed E-state index contributed by atoms with van der Waals surface area (Å²) < 4.78 is 57.4. The molecule has 0 bridgehead atoms. The summed E-state index contributed by atoms with van der Waals surface area (Å²) in [5, 5.41) is 5.82. The number of fused-ring (bicyclic) bond motifs is 2. The predicted octanol–water partition coefficient (Wildman–Crippen LogP) is 2.66. The van der Waals surface area contributed by atoms with Crippen LogP contribution in [0.1, 0.15) is 78.8 Å². The van der Waals surface area contributed by atoms with Crippen LogP contribution in [0, 0.1) is 5.92 Å². The van der Waals surface area contributed by atoms with E-state index in [4.69, 9.17) is 11.6 Å². The lowest BCUT2D eigenvalue weighted by Crippen LogP contribution is -2.41. The van der Waals surface area contributed by atoms with Gasteiger partial charge < -0.3 is 20.2 Å². The minimum absolute atomic E-state index is 0.0222. The van der Waals surface area contributed by atoms with Crippen molar-refractivity contribution in [2.45, 2.75) is 80.9 Å². The SMILES string of the molecule is CC(C)c1cc(Cl)cc(C(C)CC2Cc3cc4c(c(NC(=O)NS(=O)(=O)c5c[nH]c(=O)n(C)c5=O)c3C2)CCC4)c1NC(=O)NS(=O)(=O)c1cn(C)c(=O)[nH]c1=O. The van der Waals surface area contributed by atoms with Gasteiger partial charge in [0.05, 0.1) is 0 Å². The summed E-state index contributed by atoms with van der Waals surface area (Å²) in [5.41, 5.74) is 1.97. The number of halogens is 1. The molecule has 6 N–H and O–H groups in total. The number of nitrogens with one attached hydrogen (secondary N) is 6. The van der Waals surface area contributed by atoms with Crippen LogP contribution in [0.4, 0.5) is 21.0 Å². The van der Waals surface area contributed by atoms with Gasteiger partial charge in [0.1, 0.15) is 0 Å². The number of hydrogen-bond acceptors (Lipinski definition) is 10. The van der Waals surface area contributed by atoms with Crippen molar-refractivity contribution in [3.05, 3.63) is 111 Å². The molecule has 2 aromatic heterocycles. The number of aryl methyl sites for hydroxylation is 2. The van der Waals surface area contributed by atoms with Gasteiger partial charge in [0, 0.05) is 42.9 Å². The number of sulfonamides is 2. The summed E-state index contributed by atoms with van der Waals surface area (Å²) in [6, 6.07) is 3.29. The van der Waals surface area contributed by atoms with Gasteiger partial charge in [0.15, 0.2) is 9.79 Å². The first-order valence-electron chi connectivity index (χ1n) is 17.9. The number of amides is 4. The molecule has 2 aliphatic carbocycles. The maximum absolute atomic E-state index is 13.3. The molecule has 2 unspecified atom stereocenters. The highest BCUT2D eigenvalue weighted by Crippen LogP contribution is 2.44. The average molecular weight is 845 g/mol. The smallest absolute Gasteiger partial charge is 0.313 e. The molecule has 2 heterocycles. The second-order valence-electron chi connectivity index (χ2n) is 14.7. The third-order valence-corrected chi connectivity index (χ3v) is 13.2. The van der Waals surface area contributed by atoms with E-state index in [1.165, 1.54) is 7.05 Å². The number of anilines is 2. The van der Waals surface area contributed by atoms with Crippen LogP contribution in [-0.2, 0) is 59.8 Å². The minimum atomic E-state index is -4.71. The Kier molecular flexibility index (Phi) is 11.2. The monoisotopic (exact) mass is 844 g/mol. The van der Waals surface area contributed by atoms with Crippen molar-refractivity contribution in [1.82, 2.24) is 28.5 Å². The Morgan fingerprint density at radius 2 is 1.46 bits per heavy atom. The lowest BCUT2D eigenvalue weighted by atomic mass is 9.85. The van der Waals surface area contributed by atoms with E-state index in [0.29, 0.717) is 57.8 Å². The van der Waals surface area contributed by atoms with Crippen LogP contribution in [0.25, 0.3) is 0 Å². The van der Waals surface area contributed by atoms with Gasteiger partial charge in [-0.1, -0.05) is 38.4 Å². The molecule has 304 valence electrons. The summed E-state index contributed by atoms with van der Waals surface area (Å²) in [6.07, 6.45) is 5.54. The van der Waals surface area contributed by atoms with Gasteiger partial charge in [-0.3, -0.25) is 19.1 Å². The number of carbonyl (C=O) groups excluding carboxylic acids is 2. The number of H-pyrrole nitrogens is 2. The highest BCUT2D eigenvalue weighted by atomic mass is 35.5. The van der Waals surface area contributed by atoms with Crippen LogP contribution >= 0.6 is 11.6 Å². The maximum atomic E-state index is 13.3. The lowest BCUT2D eigenvalue weighted by Gasteiger charge is -2.24. The number of urea groups is 2. The van der Waals surface area contributed by atoms with Crippen LogP contribution in [0.3, 0.4) is 0 Å². The quantitative estimate of drug-likeness (QED) is 0.136. The Hall–Kier alpha value is -5.47. The Labute approximate surface area is 331 Å². The second kappa shape index (κ2) is 15.5. The zero-order valence-corrected chi connectivity index (χ0v) is 33.9. The zero-order chi connectivity index (χ0) is 41.7. The zero-order valence-electron chi connectivity index (χ0n) is 31.5. The van der Waals surface area contributed by atoms with Gasteiger partial charge in [-0.2, -0.15) is 0 Å². The summed E-state index contributed by atoms with van der Waals surface area (Å²) >= 11 is 6.59. The third-order valence-electron chi connectivity index (χ3n) is 10.3. The molecule has 2 atom stereocenters. The van der Waals surface area contributed by atoms with Gasteiger partial charge in [0.25, 0.3) is 31.2 Å². The van der Waals surface area contributed by atoms with Gasteiger partial charge >= 0.3 is 23.4 Å². The third kappa shape index (κ3) is 8.33. The highest BCUT2D eigenvalue weighted by Gasteiger charge is 2.33. The van der Waals surface area contributed by atoms with E-state index >= 15 is 0 Å². The molecular weight excluding hydrogens is 804 g/mol. The topological polar surface area (TPSA) is 260 Å². The van der Waals surface area contributed by atoms with Crippen molar-refractivity contribution in [3.8, 4) is 0 Å². The van der Waals surface area contributed by atoms with Crippen molar-refractivity contribution in [1.29, 1.82) is 0 Å². The van der Waals surface area contributed by atoms with Gasteiger partial charge in [-0.15, -0.1) is 0 Å². The number of hydrogen-bond donors (Lipinski definition) is 6. The van der Waals surface area contributed by atoms with Crippen LogP contribution in [-0.4, -0.2) is 48.0 Å². The fraction of sp³-hybridized carbons (Fsp3) is 0.389. The summed E-state index contributed by atoms with van der Waals surface area (Å²) in [5.74, 6) is -0.397. The predicted molar refractivity (Wildman–Crippen MR) is 211 cm³/mol. The van der Waals surface area contributed by atoms with E-state index < -0.39 is 64.4 Å². The Morgan fingerprint density at radius 1 is 0.825 bits per heavy atom. The molecular formula is C36H41ClN8O10S2. The van der Waals surface area contributed by atoms with E-state index in [9.17, 15) is 45.6 Å². The summed E-state index contributed by atoms with van der Waals surface area (Å²) in [6.45, 7) is 5.71. The second-order valence-corrected chi connectivity index (χ2v) is 18.4. The highest BCUT2D eigenvalue weighted by molar-refractivity contribution is 7.90. The lowest BCUT2D eigenvalue weighted by molar-refractivity contribution is 0.255. The van der Waals surface area contributed by atoms with E-state index in [-0.39, 0.29) is 17.8 Å². The maximum Gasteiger partial charge on any atom is 0.333 e. The molecule has 0 saturated carbocycles. The van der Waals surface area contributed by atoms with Crippen molar-refractivity contribution >= 4 is 55.1 Å². The first kappa shape index (κ1) is 41.2. The van der Waals surface area contributed by atoms with Crippen LogP contribution in [0.5, 0.6) is 0 Å². The number of carbonyl (C=O) groups is 2. The van der Waals surface area contributed by atoms with E-state index in [1.807, 2.05) is 35.2 Å². The van der Waals surface area contributed by atoms with Crippen molar-refractivity contribution in [3.63, 3.8) is 0 Å². The molecule has 18 nitrogen and oxygen atoms in total. The normalized spacial score (nSPS) is 15.5. The molecule has 57 heavy (non-hydrogen) atoms. The summed E-state index contributed by atoms with van der Waals surface area (Å²) in [7, 11) is -7.02. The molecule has 0 saturated heterocycles. The summed E-state index contributed by atoms with van der Waals surface area (Å²) in [4.78, 5) is 77.3. The molecule has 0 radical (unpaired) electrons. The number of benzene rings is 2. The first-order valence-corrected chi connectivity index (χ1v) is 21.3. The molecule has 2 aliphatic rings. The van der Waals surface area contributed by atoms with Crippen LogP contribution in [0.2, 0.25) is 5.02 Å². The van der Waals surface area contributed by atoms with Gasteiger partial charge in [-0.05, 0) is 102 Å². The van der Waals surface area contributed by atoms with Crippen molar-refractivity contribution in [2.75, 3.05) is 10.6 Å². The average Bonchev–Trinajstić information content (AvgIpc) is 3.75. The van der Waals surface area contributed by atoms with Crippen molar-refractivity contribution < 1.29 is 26.4 Å². The van der Waals surface area contributed by atoms with E-state index in [0.717, 1.165) is 59.1 Å². The molecule has 6 rings (SSSR count). The molecule has 2 aromatic carbocycles. The van der Waals surface area contributed by atoms with E-state index in [1.54, 1.807) is 12.1 Å². The molecule has 4 amide bonds. The Morgan fingerprint density at radius 3 is 2.12 bits per heavy atom. The standard InChI is InChI=1S/C36H41ClN8O10S2/c1-17(2)24-13-22(37)14-25(30(24)40-34(49)43-57(54,55)28-16-44(4)36(51)41-31(28)46)18(3)9-19-10-21-12-20-7-6-8-23(20)29(26(21)11-19)39-33(48)42-56(52,53)27-15-38-35(50)45(5)32(27)47/h12-19H,6-11H2,1-5H3,(H,38,50)(H2,39,42,48)(H2,40,43,49)(H,41,46,51). The Bertz CT molecular complexity index is 2810. The minimum Gasteiger partial charge on any atom is -0.313 e. The largest absolute Gasteiger partial charge is 0.333 e. The van der Waals surface area contributed by atoms with Crippen LogP contribution < -0.4 is 42.6 Å². The first-order chi connectivity index (χ1) is 26.7. The van der Waals surface area contributed by atoms with Crippen molar-refractivity contribution in [2.24, 2.45) is 20.0 Å². The fourth-order valence-electron chi connectivity index (χ4n) is 7.62. The fourth-order valence-corrected chi connectivity index (χ4v) is 9.84. The number of aromatic nitrogens is 4. The molecule has 0 spiro atoms. The van der Waals surface area contributed by atoms with Gasteiger partial charge in [-0.25, -0.2) is 45.5 Å².